The molecule has 2 amide bonds. The third-order valence-corrected chi connectivity index (χ3v) is 6.95. The number of nitrogens with zero attached hydrogens (tertiary/aromatic N) is 3. The molecule has 1 aromatic heterocycles. The van der Waals surface area contributed by atoms with Crippen LogP contribution < -0.4 is 10.2 Å². The first-order valence-electron chi connectivity index (χ1n) is 7.91. The van der Waals surface area contributed by atoms with Crippen LogP contribution in [-0.4, -0.2) is 39.6 Å². The average molecular weight is 407 g/mol. The van der Waals surface area contributed by atoms with Crippen LogP contribution in [0.5, 0.6) is 0 Å². The maximum absolute atomic E-state index is 12.9. The predicted octanol–water partition coefficient (Wildman–Crippen LogP) is 3.67. The van der Waals surface area contributed by atoms with Crippen molar-refractivity contribution in [1.29, 1.82) is 0 Å². The van der Waals surface area contributed by atoms with E-state index in [9.17, 15) is 9.59 Å². The van der Waals surface area contributed by atoms with Crippen molar-refractivity contribution in [3.05, 3.63) is 36.4 Å². The van der Waals surface area contributed by atoms with Crippen LogP contribution in [0.2, 0.25) is 0 Å². The molecule has 1 N–H and O–H groups in total. The van der Waals surface area contributed by atoms with Crippen LogP contribution in [0.25, 0.3) is 0 Å². The standard InChI is InChI=1S/C17H18N4O2S3/c1-10(2)9-24-16-19-20-17(26-16)25-11(3)15(23)21-8-14(22)18-12-6-4-5-7-13(12)21/h4-7,11H,1,8-9H2,2-3H3,(H,18,22)/t11-/m1/s1. The monoisotopic (exact) mass is 406 g/mol. The van der Waals surface area contributed by atoms with Crippen LogP contribution in [0.3, 0.4) is 0 Å². The minimum absolute atomic E-state index is 0.0244. The van der Waals surface area contributed by atoms with E-state index in [0.29, 0.717) is 5.69 Å². The fourth-order valence-electron chi connectivity index (χ4n) is 2.34. The van der Waals surface area contributed by atoms with Crippen molar-refractivity contribution >= 4 is 58.0 Å². The molecule has 0 radical (unpaired) electrons. The molecule has 0 saturated carbocycles. The molecule has 0 aliphatic carbocycles. The van der Waals surface area contributed by atoms with Gasteiger partial charge in [0.25, 0.3) is 0 Å². The fraction of sp³-hybridized carbons (Fsp3) is 0.294. The number of carbonyl (C=O) groups excluding carboxylic acids is 2. The lowest BCUT2D eigenvalue weighted by atomic mass is 10.2. The Bertz CT molecular complexity index is 852. The maximum atomic E-state index is 12.9. The van der Waals surface area contributed by atoms with Gasteiger partial charge in [-0.05, 0) is 26.0 Å². The molecule has 0 unspecified atom stereocenters. The van der Waals surface area contributed by atoms with Gasteiger partial charge in [-0.15, -0.1) is 10.2 Å². The van der Waals surface area contributed by atoms with E-state index in [1.165, 1.54) is 28.0 Å². The van der Waals surface area contributed by atoms with Crippen molar-refractivity contribution < 1.29 is 9.59 Å². The van der Waals surface area contributed by atoms with Gasteiger partial charge in [0.2, 0.25) is 11.8 Å². The van der Waals surface area contributed by atoms with E-state index in [0.717, 1.165) is 25.7 Å². The third kappa shape index (κ3) is 4.46. The highest BCUT2D eigenvalue weighted by atomic mass is 32.2. The number of nitrogens with one attached hydrogen (secondary N) is 1. The molecule has 9 heteroatoms. The van der Waals surface area contributed by atoms with Gasteiger partial charge in [-0.3, -0.25) is 14.5 Å². The van der Waals surface area contributed by atoms with E-state index < -0.39 is 0 Å². The molecule has 6 nitrogen and oxygen atoms in total. The molecule has 1 aliphatic heterocycles. The summed E-state index contributed by atoms with van der Waals surface area (Å²) in [6.07, 6.45) is 0. The number of hydrogen-bond donors (Lipinski definition) is 1. The molecule has 1 aliphatic rings. The Morgan fingerprint density at radius 3 is 2.88 bits per heavy atom. The highest BCUT2D eigenvalue weighted by molar-refractivity contribution is 8.04. The van der Waals surface area contributed by atoms with Crippen molar-refractivity contribution in [1.82, 2.24) is 10.2 Å². The number of para-hydroxylation sites is 2. The summed E-state index contributed by atoms with van der Waals surface area (Å²) in [5.41, 5.74) is 2.45. The van der Waals surface area contributed by atoms with E-state index >= 15 is 0 Å². The number of rotatable bonds is 6. The maximum Gasteiger partial charge on any atom is 0.244 e. The molecule has 26 heavy (non-hydrogen) atoms. The molecule has 3 rings (SSSR count). The highest BCUT2D eigenvalue weighted by Crippen LogP contribution is 2.34. The predicted molar refractivity (Wildman–Crippen MR) is 108 cm³/mol. The molecule has 0 fully saturated rings. The second kappa shape index (κ2) is 8.24. The lowest BCUT2D eigenvalue weighted by Gasteiger charge is -2.30. The second-order valence-corrected chi connectivity index (χ2v) is 9.62. The number of fused-ring (bicyclic) bond motifs is 1. The number of thioether (sulfide) groups is 2. The molecular weight excluding hydrogens is 388 g/mol. The topological polar surface area (TPSA) is 75.2 Å². The summed E-state index contributed by atoms with van der Waals surface area (Å²) in [7, 11) is 0. The number of amides is 2. The van der Waals surface area contributed by atoms with Crippen molar-refractivity contribution in [3.8, 4) is 0 Å². The SMILES string of the molecule is C=C(C)CSc1nnc(S[C@H](C)C(=O)N2CC(=O)Nc3ccccc32)s1. The largest absolute Gasteiger partial charge is 0.323 e. The molecular formula is C17H18N4O2S3. The zero-order chi connectivity index (χ0) is 18.7. The van der Waals surface area contributed by atoms with Gasteiger partial charge >= 0.3 is 0 Å². The van der Waals surface area contributed by atoms with Gasteiger partial charge in [-0.2, -0.15) is 0 Å². The summed E-state index contributed by atoms with van der Waals surface area (Å²) < 4.78 is 1.60. The van der Waals surface area contributed by atoms with Gasteiger partial charge in [0.1, 0.15) is 6.54 Å². The number of hydrogen-bond acceptors (Lipinski definition) is 7. The number of anilines is 2. The fourth-order valence-corrected chi connectivity index (χ4v) is 5.41. The van der Waals surface area contributed by atoms with Crippen LogP contribution in [0.1, 0.15) is 13.8 Å². The van der Waals surface area contributed by atoms with E-state index in [-0.39, 0.29) is 23.6 Å². The van der Waals surface area contributed by atoms with E-state index in [4.69, 9.17) is 0 Å². The number of carbonyl (C=O) groups is 2. The summed E-state index contributed by atoms with van der Waals surface area (Å²) in [4.78, 5) is 26.3. The van der Waals surface area contributed by atoms with Crippen molar-refractivity contribution in [3.63, 3.8) is 0 Å². The van der Waals surface area contributed by atoms with Gasteiger partial charge in [0.05, 0.1) is 16.6 Å². The average Bonchev–Trinajstić information content (AvgIpc) is 3.06. The third-order valence-electron chi connectivity index (χ3n) is 3.49. The Kier molecular flexibility index (Phi) is 6.00. The van der Waals surface area contributed by atoms with Crippen molar-refractivity contribution in [2.45, 2.75) is 27.8 Å². The molecule has 1 atom stereocenters. The second-order valence-electron chi connectivity index (χ2n) is 5.83. The number of aromatic nitrogens is 2. The summed E-state index contributed by atoms with van der Waals surface area (Å²) in [6, 6.07) is 7.31. The first kappa shape index (κ1) is 18.9. The molecule has 2 aromatic rings. The summed E-state index contributed by atoms with van der Waals surface area (Å²) in [5, 5.41) is 10.7. The first-order chi connectivity index (χ1) is 12.4. The van der Waals surface area contributed by atoms with Gasteiger partial charge in [-0.25, -0.2) is 0 Å². The van der Waals surface area contributed by atoms with Crippen LogP contribution in [0.15, 0.2) is 45.1 Å². The lowest BCUT2D eigenvalue weighted by Crippen LogP contribution is -2.45. The Morgan fingerprint density at radius 1 is 1.38 bits per heavy atom. The van der Waals surface area contributed by atoms with Gasteiger partial charge in [0, 0.05) is 5.75 Å². The molecule has 2 heterocycles. The Hall–Kier alpha value is -1.84. The Balaban J connectivity index is 1.69. The normalized spacial score (nSPS) is 14.5. The summed E-state index contributed by atoms with van der Waals surface area (Å²) in [5.74, 6) is 0.486. The van der Waals surface area contributed by atoms with Crippen LogP contribution >= 0.6 is 34.9 Å². The van der Waals surface area contributed by atoms with Crippen molar-refractivity contribution in [2.24, 2.45) is 0 Å². The summed E-state index contributed by atoms with van der Waals surface area (Å²) >= 11 is 4.42. The summed E-state index contributed by atoms with van der Waals surface area (Å²) in [6.45, 7) is 7.69. The van der Waals surface area contributed by atoms with Crippen LogP contribution in [0, 0.1) is 0 Å². The smallest absolute Gasteiger partial charge is 0.244 e. The van der Waals surface area contributed by atoms with Crippen LogP contribution in [-0.2, 0) is 9.59 Å². The Morgan fingerprint density at radius 2 is 2.12 bits per heavy atom. The lowest BCUT2D eigenvalue weighted by molar-refractivity contribution is -0.121. The Labute approximate surface area is 164 Å². The zero-order valence-corrected chi connectivity index (χ0v) is 16.8. The molecule has 136 valence electrons. The minimum Gasteiger partial charge on any atom is -0.323 e. The molecule has 0 saturated heterocycles. The molecule has 0 bridgehead atoms. The molecule has 0 spiro atoms. The highest BCUT2D eigenvalue weighted by Gasteiger charge is 2.30. The molecule has 1 aromatic carbocycles. The van der Waals surface area contributed by atoms with E-state index in [2.05, 4.69) is 22.1 Å². The van der Waals surface area contributed by atoms with Gasteiger partial charge in [-0.1, -0.05) is 59.1 Å². The quantitative estimate of drug-likeness (QED) is 0.583. The van der Waals surface area contributed by atoms with Crippen LogP contribution in [0.4, 0.5) is 11.4 Å². The van der Waals surface area contributed by atoms with E-state index in [1.807, 2.05) is 32.0 Å². The van der Waals surface area contributed by atoms with E-state index in [1.54, 1.807) is 17.8 Å². The zero-order valence-electron chi connectivity index (χ0n) is 14.4. The number of benzene rings is 1. The minimum atomic E-state index is -0.374. The van der Waals surface area contributed by atoms with Gasteiger partial charge < -0.3 is 5.32 Å². The van der Waals surface area contributed by atoms with Crippen molar-refractivity contribution in [2.75, 3.05) is 22.5 Å². The van der Waals surface area contributed by atoms with Gasteiger partial charge in [0.15, 0.2) is 8.68 Å². The first-order valence-corrected chi connectivity index (χ1v) is 10.6.